The molecule has 1 aliphatic rings. The Morgan fingerprint density at radius 2 is 2.04 bits per heavy atom. The minimum absolute atomic E-state index is 0.0815. The van der Waals surface area contributed by atoms with Gasteiger partial charge in [0.1, 0.15) is 0 Å². The third-order valence-electron chi connectivity index (χ3n) is 4.67. The lowest BCUT2D eigenvalue weighted by atomic mass is 10.0. The van der Waals surface area contributed by atoms with Gasteiger partial charge in [-0.15, -0.1) is 0 Å². The van der Waals surface area contributed by atoms with Gasteiger partial charge in [-0.2, -0.15) is 0 Å². The van der Waals surface area contributed by atoms with Crippen molar-refractivity contribution in [1.82, 2.24) is 4.57 Å². The molecule has 142 valence electrons. The highest BCUT2D eigenvalue weighted by molar-refractivity contribution is 7.10. The minimum atomic E-state index is -0.257. The van der Waals surface area contributed by atoms with Gasteiger partial charge in [0.05, 0.1) is 17.1 Å². The third kappa shape index (κ3) is 3.41. The first kappa shape index (κ1) is 19.0. The van der Waals surface area contributed by atoms with Crippen LogP contribution in [0.4, 0.5) is 5.69 Å². The standard InChI is InChI=1S/C21H16Cl2N2O2S/c1-2-12-4-3-5-16-14(10-24-19(12)16)8-18-20(26)25(21(27)28-18)11-13-6-7-15(22)9-17(13)23/h3-10,26H,2,11H2,1H3. The number of aromatic hydroxyl groups is 1. The van der Waals surface area contributed by atoms with E-state index in [1.165, 1.54) is 10.1 Å². The zero-order chi connectivity index (χ0) is 19.8. The van der Waals surface area contributed by atoms with Crippen LogP contribution in [-0.4, -0.2) is 15.9 Å². The average Bonchev–Trinajstić information content (AvgIpc) is 3.20. The molecule has 28 heavy (non-hydrogen) atoms. The van der Waals surface area contributed by atoms with Gasteiger partial charge in [-0.3, -0.25) is 14.4 Å². The molecule has 0 spiro atoms. The lowest BCUT2D eigenvalue weighted by Gasteiger charge is -2.07. The molecule has 0 unspecified atom stereocenters. The van der Waals surface area contributed by atoms with Gasteiger partial charge >= 0.3 is 4.87 Å². The molecule has 0 atom stereocenters. The fourth-order valence-corrected chi connectivity index (χ4v) is 4.49. The van der Waals surface area contributed by atoms with Gasteiger partial charge in [0, 0.05) is 27.4 Å². The molecule has 0 aliphatic carbocycles. The summed E-state index contributed by atoms with van der Waals surface area (Å²) in [6.45, 7) is 2.26. The smallest absolute Gasteiger partial charge is 0.310 e. The van der Waals surface area contributed by atoms with Crippen molar-refractivity contribution in [3.63, 3.8) is 0 Å². The molecule has 0 bridgehead atoms. The number of hydrogen-bond acceptors (Lipinski definition) is 4. The summed E-state index contributed by atoms with van der Waals surface area (Å²) in [5, 5.41) is 11.6. The number of para-hydroxylation sites is 1. The van der Waals surface area contributed by atoms with Crippen molar-refractivity contribution >= 4 is 58.1 Å². The van der Waals surface area contributed by atoms with E-state index in [1.54, 1.807) is 30.5 Å². The van der Waals surface area contributed by atoms with Crippen LogP contribution in [0, 0.1) is 0 Å². The Kier molecular flexibility index (Phi) is 5.15. The number of aryl methyl sites for hydroxylation is 1. The van der Waals surface area contributed by atoms with Crippen LogP contribution in [0.5, 0.6) is 5.88 Å². The summed E-state index contributed by atoms with van der Waals surface area (Å²) < 4.78 is 1.31. The van der Waals surface area contributed by atoms with Crippen molar-refractivity contribution in [1.29, 1.82) is 0 Å². The van der Waals surface area contributed by atoms with Gasteiger partial charge < -0.3 is 5.11 Å². The first-order valence-corrected chi connectivity index (χ1v) is 10.3. The highest BCUT2D eigenvalue weighted by Gasteiger charge is 2.18. The van der Waals surface area contributed by atoms with E-state index in [0.29, 0.717) is 20.5 Å². The largest absolute Gasteiger partial charge is 0.493 e. The summed E-state index contributed by atoms with van der Waals surface area (Å²) in [6.07, 6.45) is 4.47. The molecule has 0 saturated heterocycles. The summed E-state index contributed by atoms with van der Waals surface area (Å²) in [4.78, 5) is 17.2. The fourth-order valence-electron chi connectivity index (χ4n) is 3.19. The Labute approximate surface area is 176 Å². The predicted molar refractivity (Wildman–Crippen MR) is 118 cm³/mol. The monoisotopic (exact) mass is 430 g/mol. The first-order valence-electron chi connectivity index (χ1n) is 8.72. The van der Waals surface area contributed by atoms with Crippen molar-refractivity contribution in [2.75, 3.05) is 0 Å². The second kappa shape index (κ2) is 7.59. The molecule has 1 aromatic heterocycles. The maximum atomic E-state index is 12.5. The molecule has 3 aromatic rings. The number of rotatable bonds is 4. The van der Waals surface area contributed by atoms with Crippen LogP contribution in [0.1, 0.15) is 28.5 Å². The first-order chi connectivity index (χ1) is 13.5. The number of aliphatic imine (C=N–C) groups is 1. The Balaban J connectivity index is 1.71. The quantitative estimate of drug-likeness (QED) is 0.569. The zero-order valence-corrected chi connectivity index (χ0v) is 17.3. The Morgan fingerprint density at radius 3 is 2.79 bits per heavy atom. The summed E-state index contributed by atoms with van der Waals surface area (Å²) in [6, 6.07) is 11.1. The number of allylic oxidation sites excluding steroid dienone is 1. The topological polar surface area (TPSA) is 54.6 Å². The summed E-state index contributed by atoms with van der Waals surface area (Å²) in [7, 11) is 0. The van der Waals surface area contributed by atoms with E-state index in [-0.39, 0.29) is 17.3 Å². The van der Waals surface area contributed by atoms with Crippen LogP contribution < -0.4 is 4.87 Å². The summed E-state index contributed by atoms with van der Waals surface area (Å²) >= 11 is 13.1. The molecule has 2 aromatic carbocycles. The second-order valence-corrected chi connectivity index (χ2v) is 8.24. The minimum Gasteiger partial charge on any atom is -0.493 e. The van der Waals surface area contributed by atoms with Crippen LogP contribution in [0.25, 0.3) is 11.6 Å². The van der Waals surface area contributed by atoms with Crippen LogP contribution in [0.3, 0.4) is 0 Å². The van der Waals surface area contributed by atoms with Crippen molar-refractivity contribution in [2.45, 2.75) is 19.9 Å². The van der Waals surface area contributed by atoms with Gasteiger partial charge in [-0.25, -0.2) is 0 Å². The van der Waals surface area contributed by atoms with E-state index >= 15 is 0 Å². The van der Waals surface area contributed by atoms with Crippen LogP contribution >= 0.6 is 34.5 Å². The molecule has 1 N–H and O–H groups in total. The Hall–Kier alpha value is -2.34. The van der Waals surface area contributed by atoms with E-state index in [2.05, 4.69) is 18.0 Å². The van der Waals surface area contributed by atoms with Gasteiger partial charge in [-0.05, 0) is 35.8 Å². The van der Waals surface area contributed by atoms with E-state index in [4.69, 9.17) is 23.2 Å². The maximum Gasteiger partial charge on any atom is 0.310 e. The lowest BCUT2D eigenvalue weighted by Crippen LogP contribution is -2.13. The SMILES string of the molecule is CCc1cccc2c1N=CC2=Cc1sc(=O)n(Cc2ccc(Cl)cc2Cl)c1O. The normalized spacial score (nSPS) is 14.0. The van der Waals surface area contributed by atoms with Gasteiger partial charge in [0.2, 0.25) is 5.88 Å². The van der Waals surface area contributed by atoms with E-state index in [1.807, 2.05) is 12.1 Å². The number of thiazole rings is 1. The van der Waals surface area contributed by atoms with Crippen LogP contribution in [0.15, 0.2) is 46.2 Å². The van der Waals surface area contributed by atoms with Crippen molar-refractivity contribution < 1.29 is 5.11 Å². The molecule has 4 rings (SSSR count). The predicted octanol–water partition coefficient (Wildman–Crippen LogP) is 5.79. The number of nitrogens with zero attached hydrogens (tertiary/aromatic N) is 2. The van der Waals surface area contributed by atoms with Gasteiger partial charge in [0.25, 0.3) is 0 Å². The number of halogens is 2. The van der Waals surface area contributed by atoms with Gasteiger partial charge in [0.15, 0.2) is 0 Å². The van der Waals surface area contributed by atoms with Crippen molar-refractivity contribution in [3.8, 4) is 5.88 Å². The van der Waals surface area contributed by atoms with Crippen LogP contribution in [0.2, 0.25) is 10.0 Å². The highest BCUT2D eigenvalue weighted by atomic mass is 35.5. The molecule has 2 heterocycles. The summed E-state index contributed by atoms with van der Waals surface area (Å²) in [5.41, 5.74) is 4.71. The molecule has 0 radical (unpaired) electrons. The van der Waals surface area contributed by atoms with Crippen molar-refractivity contribution in [3.05, 3.63) is 77.7 Å². The van der Waals surface area contributed by atoms with Crippen molar-refractivity contribution in [2.24, 2.45) is 4.99 Å². The molecule has 0 fully saturated rings. The molecule has 0 saturated carbocycles. The van der Waals surface area contributed by atoms with Crippen LogP contribution in [-0.2, 0) is 13.0 Å². The molecule has 0 amide bonds. The van der Waals surface area contributed by atoms with E-state index in [9.17, 15) is 9.90 Å². The highest BCUT2D eigenvalue weighted by Crippen LogP contribution is 2.37. The Morgan fingerprint density at radius 1 is 1.21 bits per heavy atom. The lowest BCUT2D eigenvalue weighted by molar-refractivity contribution is 0.420. The summed E-state index contributed by atoms with van der Waals surface area (Å²) in [5.74, 6) is -0.0815. The molecular weight excluding hydrogens is 415 g/mol. The maximum absolute atomic E-state index is 12.5. The number of fused-ring (bicyclic) bond motifs is 1. The molecular formula is C21H16Cl2N2O2S. The van der Waals surface area contributed by atoms with Gasteiger partial charge in [-0.1, -0.05) is 65.7 Å². The number of hydrogen-bond donors (Lipinski definition) is 1. The number of benzene rings is 2. The third-order valence-corrected chi connectivity index (χ3v) is 6.17. The zero-order valence-electron chi connectivity index (χ0n) is 14.9. The number of aromatic nitrogens is 1. The Bertz CT molecular complexity index is 1190. The average molecular weight is 431 g/mol. The molecule has 7 heteroatoms. The fraction of sp³-hybridized carbons (Fsp3) is 0.143. The molecule has 1 aliphatic heterocycles. The van der Waals surface area contributed by atoms with E-state index < -0.39 is 0 Å². The van der Waals surface area contributed by atoms with E-state index in [0.717, 1.165) is 34.6 Å². The molecule has 4 nitrogen and oxygen atoms in total. The second-order valence-electron chi connectivity index (χ2n) is 6.40.